The van der Waals surface area contributed by atoms with E-state index < -0.39 is 17.6 Å². The lowest BCUT2D eigenvalue weighted by Gasteiger charge is -2.29. The van der Waals surface area contributed by atoms with Gasteiger partial charge in [-0.15, -0.1) is 0 Å². The van der Waals surface area contributed by atoms with Gasteiger partial charge in [-0.2, -0.15) is 4.37 Å². The lowest BCUT2D eigenvalue weighted by Crippen LogP contribution is -2.45. The second-order valence-electron chi connectivity index (χ2n) is 3.85. The van der Waals surface area contributed by atoms with E-state index in [2.05, 4.69) is 9.69 Å². The molecule has 4 nitrogen and oxygen atoms in total. The minimum Gasteiger partial charge on any atom is -0.369 e. The monoisotopic (exact) mass is 253 g/mol. The fourth-order valence-electron chi connectivity index (χ4n) is 1.65. The van der Waals surface area contributed by atoms with E-state index in [0.717, 1.165) is 17.2 Å². The van der Waals surface area contributed by atoms with E-state index in [4.69, 9.17) is 5.73 Å². The molecule has 0 spiro atoms. The molecule has 0 radical (unpaired) electrons. The smallest absolute Gasteiger partial charge is 0.229 e. The molecule has 90 valence electrons. The molecule has 1 aliphatic rings. The second kappa shape index (κ2) is 4.29. The third kappa shape index (κ3) is 2.36. The van der Waals surface area contributed by atoms with Crippen LogP contribution in [-0.4, -0.2) is 16.1 Å². The SMILES string of the molecule is Cc1cc(NC2(F)C=CC=CC2C(N)=O)sn1. The van der Waals surface area contributed by atoms with Gasteiger partial charge in [0.05, 0.1) is 5.69 Å². The zero-order valence-electron chi connectivity index (χ0n) is 9.18. The summed E-state index contributed by atoms with van der Waals surface area (Å²) in [7, 11) is 0. The van der Waals surface area contributed by atoms with E-state index in [1.54, 1.807) is 18.2 Å². The van der Waals surface area contributed by atoms with Crippen molar-refractivity contribution in [1.82, 2.24) is 4.37 Å². The van der Waals surface area contributed by atoms with Crippen LogP contribution in [0.5, 0.6) is 0 Å². The van der Waals surface area contributed by atoms with Crippen molar-refractivity contribution in [2.45, 2.75) is 12.7 Å². The number of aryl methyl sites for hydroxylation is 1. The highest BCUT2D eigenvalue weighted by atomic mass is 32.1. The van der Waals surface area contributed by atoms with Crippen molar-refractivity contribution in [2.75, 3.05) is 5.32 Å². The van der Waals surface area contributed by atoms with Crippen molar-refractivity contribution in [3.63, 3.8) is 0 Å². The molecule has 3 N–H and O–H groups in total. The first-order chi connectivity index (χ1) is 8.01. The van der Waals surface area contributed by atoms with Crippen molar-refractivity contribution < 1.29 is 9.18 Å². The number of amides is 1. The minimum atomic E-state index is -1.99. The number of anilines is 1. The first-order valence-corrected chi connectivity index (χ1v) is 5.84. The highest BCUT2D eigenvalue weighted by Gasteiger charge is 2.40. The third-order valence-corrected chi connectivity index (χ3v) is 3.25. The maximum absolute atomic E-state index is 14.6. The van der Waals surface area contributed by atoms with Gasteiger partial charge < -0.3 is 11.1 Å². The third-order valence-electron chi connectivity index (χ3n) is 2.46. The maximum Gasteiger partial charge on any atom is 0.229 e. The van der Waals surface area contributed by atoms with E-state index >= 15 is 0 Å². The van der Waals surface area contributed by atoms with Gasteiger partial charge in [0.2, 0.25) is 11.7 Å². The molecular formula is C11H12FN3OS. The Hall–Kier alpha value is -1.69. The molecule has 0 aliphatic heterocycles. The zero-order valence-corrected chi connectivity index (χ0v) is 10.00. The highest BCUT2D eigenvalue weighted by molar-refractivity contribution is 7.10. The van der Waals surface area contributed by atoms with Crippen LogP contribution in [0.1, 0.15) is 5.69 Å². The summed E-state index contributed by atoms with van der Waals surface area (Å²) in [4.78, 5) is 11.2. The molecule has 1 aromatic rings. The summed E-state index contributed by atoms with van der Waals surface area (Å²) >= 11 is 1.14. The molecule has 2 rings (SSSR count). The van der Waals surface area contributed by atoms with E-state index in [9.17, 15) is 9.18 Å². The number of carbonyl (C=O) groups excluding carboxylic acids is 1. The summed E-state index contributed by atoms with van der Waals surface area (Å²) in [5, 5.41) is 3.23. The van der Waals surface area contributed by atoms with Crippen molar-refractivity contribution in [1.29, 1.82) is 0 Å². The fraction of sp³-hybridized carbons (Fsp3) is 0.273. The number of halogens is 1. The molecule has 1 aliphatic carbocycles. The number of primary amides is 1. The van der Waals surface area contributed by atoms with Crippen LogP contribution in [0.15, 0.2) is 30.4 Å². The number of hydrogen-bond acceptors (Lipinski definition) is 4. The number of rotatable bonds is 3. The zero-order chi connectivity index (χ0) is 12.5. The average molecular weight is 253 g/mol. The predicted molar refractivity (Wildman–Crippen MR) is 65.3 cm³/mol. The average Bonchev–Trinajstić information content (AvgIpc) is 2.63. The van der Waals surface area contributed by atoms with Gasteiger partial charge in [-0.05, 0) is 30.6 Å². The Morgan fingerprint density at radius 1 is 1.65 bits per heavy atom. The van der Waals surface area contributed by atoms with Crippen molar-refractivity contribution >= 4 is 22.4 Å². The van der Waals surface area contributed by atoms with E-state index in [1.807, 2.05) is 6.92 Å². The van der Waals surface area contributed by atoms with Gasteiger partial charge in [0.15, 0.2) is 0 Å². The molecule has 0 saturated carbocycles. The topological polar surface area (TPSA) is 68.0 Å². The molecule has 1 aromatic heterocycles. The van der Waals surface area contributed by atoms with Crippen LogP contribution < -0.4 is 11.1 Å². The van der Waals surface area contributed by atoms with Crippen molar-refractivity contribution in [3.05, 3.63) is 36.1 Å². The molecule has 2 unspecified atom stereocenters. The fourth-order valence-corrected chi connectivity index (χ4v) is 2.37. The molecule has 2 atom stereocenters. The van der Waals surface area contributed by atoms with Crippen LogP contribution in [0.25, 0.3) is 0 Å². The standard InChI is InChI=1S/C11H12FN3OS/c1-7-6-9(17-15-7)14-11(12)5-3-2-4-8(11)10(13)16/h2-6,8,14H,1H3,(H2,13,16). The molecule has 0 bridgehead atoms. The minimum absolute atomic E-state index is 0.566. The van der Waals surface area contributed by atoms with Gasteiger partial charge in [-0.25, -0.2) is 4.39 Å². The number of nitrogens with zero attached hydrogens (tertiary/aromatic N) is 1. The van der Waals surface area contributed by atoms with Gasteiger partial charge in [0, 0.05) is 0 Å². The summed E-state index contributed by atoms with van der Waals surface area (Å²) in [6.07, 6.45) is 5.88. The first-order valence-electron chi connectivity index (χ1n) is 5.07. The number of allylic oxidation sites excluding steroid dienone is 2. The van der Waals surface area contributed by atoms with Crippen LogP contribution in [0, 0.1) is 12.8 Å². The molecule has 1 amide bonds. The predicted octanol–water partition coefficient (Wildman–Crippen LogP) is 1.76. The quantitative estimate of drug-likeness (QED) is 0.806. The van der Waals surface area contributed by atoms with Gasteiger partial charge in [-0.1, -0.05) is 18.2 Å². The maximum atomic E-state index is 14.6. The van der Waals surface area contributed by atoms with Gasteiger partial charge in [-0.3, -0.25) is 4.79 Å². The Morgan fingerprint density at radius 2 is 2.41 bits per heavy atom. The van der Waals surface area contributed by atoms with E-state index in [-0.39, 0.29) is 0 Å². The number of nitrogens with one attached hydrogen (secondary N) is 1. The number of alkyl halides is 1. The molecule has 6 heteroatoms. The summed E-state index contributed by atoms with van der Waals surface area (Å²) in [6, 6.07) is 1.72. The first kappa shape index (κ1) is 11.8. The molecule has 0 fully saturated rings. The van der Waals surface area contributed by atoms with E-state index in [1.165, 1.54) is 12.2 Å². The number of aromatic nitrogens is 1. The Morgan fingerprint density at radius 3 is 3.00 bits per heavy atom. The lowest BCUT2D eigenvalue weighted by molar-refractivity contribution is -0.123. The van der Waals surface area contributed by atoms with Crippen molar-refractivity contribution in [3.8, 4) is 0 Å². The highest BCUT2D eigenvalue weighted by Crippen LogP contribution is 2.31. The second-order valence-corrected chi connectivity index (χ2v) is 4.65. The molecular weight excluding hydrogens is 241 g/mol. The van der Waals surface area contributed by atoms with Gasteiger partial charge in [0.25, 0.3) is 0 Å². The molecule has 0 aromatic carbocycles. The van der Waals surface area contributed by atoms with Crippen LogP contribution >= 0.6 is 11.5 Å². The summed E-state index contributed by atoms with van der Waals surface area (Å²) in [5.74, 6) is -3.71. The Balaban J connectivity index is 2.25. The lowest BCUT2D eigenvalue weighted by atomic mass is 9.92. The van der Waals surface area contributed by atoms with E-state index in [0.29, 0.717) is 5.00 Å². The van der Waals surface area contributed by atoms with Crippen LogP contribution in [-0.2, 0) is 4.79 Å². The number of carbonyl (C=O) groups is 1. The molecule has 1 heterocycles. The van der Waals surface area contributed by atoms with Crippen molar-refractivity contribution in [2.24, 2.45) is 11.7 Å². The van der Waals surface area contributed by atoms with Crippen LogP contribution in [0.3, 0.4) is 0 Å². The Bertz CT molecular complexity index is 497. The van der Waals surface area contributed by atoms with Gasteiger partial charge in [0.1, 0.15) is 10.9 Å². The largest absolute Gasteiger partial charge is 0.369 e. The van der Waals surface area contributed by atoms with Crippen LogP contribution in [0.2, 0.25) is 0 Å². The summed E-state index contributed by atoms with van der Waals surface area (Å²) in [5.41, 5.74) is 5.98. The normalized spacial score (nSPS) is 27.1. The Kier molecular flexibility index (Phi) is 2.97. The summed E-state index contributed by atoms with van der Waals surface area (Å²) in [6.45, 7) is 1.81. The number of hydrogen-bond donors (Lipinski definition) is 2. The van der Waals surface area contributed by atoms with Gasteiger partial charge >= 0.3 is 0 Å². The molecule has 0 saturated heterocycles. The molecule has 17 heavy (non-hydrogen) atoms. The summed E-state index contributed by atoms with van der Waals surface area (Å²) < 4.78 is 18.6. The van der Waals surface area contributed by atoms with Crippen LogP contribution in [0.4, 0.5) is 9.39 Å². The number of nitrogens with two attached hydrogens (primary N) is 1. The Labute approximate surface area is 102 Å².